The Hall–Kier alpha value is -3.99. The van der Waals surface area contributed by atoms with Crippen LogP contribution in [0.5, 0.6) is 5.75 Å². The minimum absolute atomic E-state index is 0.270. The normalized spacial score (nSPS) is 18.6. The number of aliphatic hydroxyl groups excluding tert-OH is 1. The first-order chi connectivity index (χ1) is 18.6. The second kappa shape index (κ2) is 10.6. The summed E-state index contributed by atoms with van der Waals surface area (Å²) in [7, 11) is 1.61. The van der Waals surface area contributed by atoms with Gasteiger partial charge in [-0.25, -0.2) is 14.6 Å². The number of piperazine rings is 1. The average molecular weight is 537 g/mol. The van der Waals surface area contributed by atoms with Crippen LogP contribution in [0.1, 0.15) is 32.8 Å². The van der Waals surface area contributed by atoms with Crippen LogP contribution in [0.4, 0.5) is 21.1 Å². The molecule has 0 bridgehead atoms. The molecule has 2 aliphatic rings. The summed E-state index contributed by atoms with van der Waals surface area (Å²) in [5.74, 6) is 1.39. The van der Waals surface area contributed by atoms with E-state index >= 15 is 0 Å². The van der Waals surface area contributed by atoms with E-state index in [1.165, 1.54) is 4.90 Å². The molecule has 0 spiro atoms. The summed E-state index contributed by atoms with van der Waals surface area (Å²) in [4.78, 5) is 37.5. The van der Waals surface area contributed by atoms with E-state index in [2.05, 4.69) is 9.88 Å². The highest BCUT2D eigenvalue weighted by Crippen LogP contribution is 2.27. The van der Waals surface area contributed by atoms with E-state index in [9.17, 15) is 14.7 Å². The molecule has 0 saturated carbocycles. The van der Waals surface area contributed by atoms with E-state index in [0.717, 1.165) is 22.6 Å². The maximum Gasteiger partial charge on any atom is 0.410 e. The number of amides is 3. The van der Waals surface area contributed by atoms with Gasteiger partial charge in [-0.2, -0.15) is 0 Å². The smallest absolute Gasteiger partial charge is 0.410 e. The monoisotopic (exact) mass is 536 g/mol. The Morgan fingerprint density at radius 1 is 1.08 bits per heavy atom. The predicted molar refractivity (Wildman–Crippen MR) is 147 cm³/mol. The molecule has 4 heterocycles. The summed E-state index contributed by atoms with van der Waals surface area (Å²) in [5.41, 5.74) is 2.11. The highest BCUT2D eigenvalue weighted by molar-refractivity contribution is 5.92. The van der Waals surface area contributed by atoms with Crippen LogP contribution in [0, 0.1) is 0 Å². The highest BCUT2D eigenvalue weighted by atomic mass is 16.6. The zero-order valence-electron chi connectivity index (χ0n) is 22.9. The molecule has 3 amide bonds. The first-order valence-electron chi connectivity index (χ1n) is 13.2. The van der Waals surface area contributed by atoms with Crippen LogP contribution in [0.2, 0.25) is 0 Å². The van der Waals surface area contributed by atoms with Gasteiger partial charge in [-0.1, -0.05) is 12.1 Å². The van der Waals surface area contributed by atoms with E-state index in [4.69, 9.17) is 9.47 Å². The van der Waals surface area contributed by atoms with Gasteiger partial charge in [0.05, 0.1) is 13.3 Å². The van der Waals surface area contributed by atoms with Gasteiger partial charge in [0.25, 0.3) is 0 Å². The summed E-state index contributed by atoms with van der Waals surface area (Å²) in [6.45, 7) is 8.81. The van der Waals surface area contributed by atoms with Crippen molar-refractivity contribution in [3.8, 4) is 5.75 Å². The van der Waals surface area contributed by atoms with Gasteiger partial charge in [0.15, 0.2) is 0 Å². The fraction of sp³-hybridized carbons (Fsp3) is 0.464. The number of anilines is 2. The Labute approximate surface area is 228 Å². The number of aromatic nitrogens is 2. The number of hydrogen-bond donors (Lipinski definition) is 1. The molecule has 1 aromatic carbocycles. The lowest BCUT2D eigenvalue weighted by atomic mass is 10.1. The number of methoxy groups -OCH3 is 1. The number of fused-ring (bicyclic) bond motifs is 1. The molecule has 11 nitrogen and oxygen atoms in total. The van der Waals surface area contributed by atoms with Gasteiger partial charge in [0.1, 0.15) is 29.0 Å². The lowest BCUT2D eigenvalue weighted by molar-refractivity contribution is 0.0127. The third-order valence-corrected chi connectivity index (χ3v) is 7.01. The van der Waals surface area contributed by atoms with Gasteiger partial charge in [0.2, 0.25) is 0 Å². The van der Waals surface area contributed by atoms with Gasteiger partial charge >= 0.3 is 12.1 Å². The summed E-state index contributed by atoms with van der Waals surface area (Å²) in [6, 6.07) is 11.2. The van der Waals surface area contributed by atoms with E-state index in [1.807, 2.05) is 67.8 Å². The minimum Gasteiger partial charge on any atom is -0.497 e. The highest BCUT2D eigenvalue weighted by Gasteiger charge is 2.34. The van der Waals surface area contributed by atoms with Crippen molar-refractivity contribution < 1.29 is 24.2 Å². The number of hydrogen-bond acceptors (Lipinski definition) is 7. The molecule has 3 aromatic rings. The number of pyridine rings is 1. The largest absolute Gasteiger partial charge is 0.497 e. The van der Waals surface area contributed by atoms with Crippen LogP contribution < -0.4 is 14.5 Å². The second-order valence-corrected chi connectivity index (χ2v) is 10.9. The summed E-state index contributed by atoms with van der Waals surface area (Å²) >= 11 is 0. The van der Waals surface area contributed by atoms with Gasteiger partial charge in [0, 0.05) is 63.6 Å². The minimum atomic E-state index is -0.860. The van der Waals surface area contributed by atoms with Crippen molar-refractivity contribution in [2.45, 2.75) is 45.6 Å². The third kappa shape index (κ3) is 5.73. The molecule has 2 saturated heterocycles. The van der Waals surface area contributed by atoms with Crippen molar-refractivity contribution in [2.24, 2.45) is 0 Å². The van der Waals surface area contributed by atoms with E-state index < -0.39 is 11.8 Å². The number of urea groups is 1. The third-order valence-electron chi connectivity index (χ3n) is 7.01. The van der Waals surface area contributed by atoms with Crippen molar-refractivity contribution in [1.82, 2.24) is 19.2 Å². The standard InChI is InChI=1S/C28H36N6O5/c1-28(2,3)39-27(37)31-15-13-30(14-16-31)21-9-11-32-23(17-21)29-18-24(32)33-12-10-25(35)34(26(33)36)19-20-5-7-22(38-4)8-6-20/h5-9,11,17-18,25,35H,10,12-16,19H2,1-4H3. The van der Waals surface area contributed by atoms with Gasteiger partial charge in [-0.3, -0.25) is 14.2 Å². The Bertz CT molecular complexity index is 1330. The molecule has 0 radical (unpaired) electrons. The summed E-state index contributed by atoms with van der Waals surface area (Å²) < 4.78 is 12.6. The molecule has 1 N–H and O–H groups in total. The van der Waals surface area contributed by atoms with Crippen molar-refractivity contribution in [1.29, 1.82) is 0 Å². The lowest BCUT2D eigenvalue weighted by Crippen LogP contribution is -2.54. The quantitative estimate of drug-likeness (QED) is 0.532. The fourth-order valence-corrected chi connectivity index (χ4v) is 4.92. The van der Waals surface area contributed by atoms with Crippen LogP contribution in [0.3, 0.4) is 0 Å². The molecule has 2 aliphatic heterocycles. The zero-order valence-corrected chi connectivity index (χ0v) is 22.9. The van der Waals surface area contributed by atoms with E-state index in [1.54, 1.807) is 23.1 Å². The predicted octanol–water partition coefficient (Wildman–Crippen LogP) is 3.55. The number of nitrogens with zero attached hydrogens (tertiary/aromatic N) is 6. The molecule has 5 rings (SSSR count). The van der Waals surface area contributed by atoms with Crippen LogP contribution in [0.25, 0.3) is 5.65 Å². The van der Waals surface area contributed by atoms with E-state index in [-0.39, 0.29) is 18.7 Å². The van der Waals surface area contributed by atoms with E-state index in [0.29, 0.717) is 45.0 Å². The van der Waals surface area contributed by atoms with Crippen molar-refractivity contribution in [3.05, 3.63) is 54.4 Å². The van der Waals surface area contributed by atoms with Crippen molar-refractivity contribution in [2.75, 3.05) is 49.6 Å². The first-order valence-corrected chi connectivity index (χ1v) is 13.2. The molecular weight excluding hydrogens is 500 g/mol. The molecule has 208 valence electrons. The molecule has 2 aromatic heterocycles. The van der Waals surface area contributed by atoms with Crippen molar-refractivity contribution in [3.63, 3.8) is 0 Å². The lowest BCUT2D eigenvalue weighted by Gasteiger charge is -2.38. The number of aliphatic hydroxyl groups is 1. The van der Waals surface area contributed by atoms with Crippen LogP contribution in [-0.4, -0.2) is 88.1 Å². The molecular formula is C28H36N6O5. The van der Waals surface area contributed by atoms with Crippen LogP contribution in [0.15, 0.2) is 48.8 Å². The maximum absolute atomic E-state index is 13.5. The average Bonchev–Trinajstić information content (AvgIpc) is 3.33. The zero-order chi connectivity index (χ0) is 27.7. The molecule has 0 aliphatic carbocycles. The Kier molecular flexibility index (Phi) is 7.26. The SMILES string of the molecule is COc1ccc(CN2C(=O)N(c3cnc4cc(N5CCN(C(=O)OC(C)(C)C)CC5)ccn34)CCC2O)cc1. The summed E-state index contributed by atoms with van der Waals surface area (Å²) in [5, 5.41) is 10.6. The van der Waals surface area contributed by atoms with Gasteiger partial charge in [-0.05, 0) is 44.5 Å². The number of benzene rings is 1. The van der Waals surface area contributed by atoms with Gasteiger partial charge < -0.3 is 24.4 Å². The van der Waals surface area contributed by atoms with Crippen molar-refractivity contribution >= 4 is 29.3 Å². The molecule has 39 heavy (non-hydrogen) atoms. The van der Waals surface area contributed by atoms with Gasteiger partial charge in [-0.15, -0.1) is 0 Å². The summed E-state index contributed by atoms with van der Waals surface area (Å²) in [6.07, 6.45) is 2.89. The molecule has 1 atom stereocenters. The topological polar surface area (TPSA) is 103 Å². The number of rotatable bonds is 5. The Balaban J connectivity index is 1.27. The molecule has 11 heteroatoms. The molecule has 2 fully saturated rings. The number of carbonyl (C=O) groups excluding carboxylic acids is 2. The first kappa shape index (κ1) is 26.6. The number of carbonyl (C=O) groups is 2. The maximum atomic E-state index is 13.5. The van der Waals surface area contributed by atoms with Crippen LogP contribution >= 0.6 is 0 Å². The fourth-order valence-electron chi connectivity index (χ4n) is 4.92. The Morgan fingerprint density at radius 3 is 2.46 bits per heavy atom. The second-order valence-electron chi connectivity index (χ2n) is 10.9. The number of imidazole rings is 1. The van der Waals surface area contributed by atoms with Crippen LogP contribution in [-0.2, 0) is 11.3 Å². The number of ether oxygens (including phenoxy) is 2. The Morgan fingerprint density at radius 2 is 1.79 bits per heavy atom. The molecule has 1 unspecified atom stereocenters.